The first-order valence-corrected chi connectivity index (χ1v) is 8.24. The third kappa shape index (κ3) is 3.99. The van der Waals surface area contributed by atoms with E-state index in [0.717, 1.165) is 37.8 Å². The third-order valence-electron chi connectivity index (χ3n) is 4.35. The number of aromatic nitrogens is 1. The molecular weight excluding hydrogens is 323 g/mol. The summed E-state index contributed by atoms with van der Waals surface area (Å²) in [6, 6.07) is 2.20. The monoisotopic (exact) mass is 344 g/mol. The van der Waals surface area contributed by atoms with Gasteiger partial charge < -0.3 is 14.6 Å². The Bertz CT molecular complexity index is 583. The third-order valence-corrected chi connectivity index (χ3v) is 4.35. The average Bonchev–Trinajstić information content (AvgIpc) is 3.32. The molecule has 1 fully saturated rings. The van der Waals surface area contributed by atoms with E-state index in [4.69, 9.17) is 4.74 Å². The van der Waals surface area contributed by atoms with Crippen molar-refractivity contribution in [1.82, 2.24) is 4.98 Å². The number of rotatable bonds is 9. The van der Waals surface area contributed by atoms with Gasteiger partial charge in [0.2, 0.25) is 5.88 Å². The average molecular weight is 344 g/mol. The van der Waals surface area contributed by atoms with E-state index in [1.807, 2.05) is 0 Å². The maximum absolute atomic E-state index is 13.2. The molecule has 1 saturated carbocycles. The van der Waals surface area contributed by atoms with Crippen molar-refractivity contribution in [2.24, 2.45) is 0 Å². The minimum Gasteiger partial charge on any atom is -0.545 e. The minimum absolute atomic E-state index is 0.0371. The maximum Gasteiger partial charge on any atom is 0.399 e. The van der Waals surface area contributed by atoms with Crippen molar-refractivity contribution >= 4 is 5.97 Å². The molecule has 0 radical (unpaired) electrons. The number of carbonyl (C=O) groups is 1. The summed E-state index contributed by atoms with van der Waals surface area (Å²) >= 11 is 0. The van der Waals surface area contributed by atoms with Crippen molar-refractivity contribution in [3.05, 3.63) is 23.4 Å². The van der Waals surface area contributed by atoms with E-state index >= 15 is 0 Å². The van der Waals surface area contributed by atoms with Gasteiger partial charge in [-0.05, 0) is 31.4 Å². The number of carboxylic acid groups (broad SMARTS) is 1. The molecule has 0 saturated heterocycles. The van der Waals surface area contributed by atoms with Crippen LogP contribution >= 0.6 is 0 Å². The molecule has 1 aliphatic carbocycles. The quantitative estimate of drug-likeness (QED) is 0.644. The van der Waals surface area contributed by atoms with Crippen LogP contribution in [0.4, 0.5) is 13.2 Å². The first kappa shape index (κ1) is 18.5. The smallest absolute Gasteiger partial charge is 0.399 e. The summed E-state index contributed by atoms with van der Waals surface area (Å²) in [6.07, 6.45) is 0.377. The Kier molecular flexibility index (Phi) is 5.72. The highest BCUT2D eigenvalue weighted by atomic mass is 19.4. The molecule has 134 valence electrons. The molecule has 0 amide bonds. The van der Waals surface area contributed by atoms with E-state index in [1.165, 1.54) is 0 Å². The van der Waals surface area contributed by atoms with E-state index in [9.17, 15) is 23.1 Å². The molecule has 24 heavy (non-hydrogen) atoms. The number of carboxylic acids is 1. The van der Waals surface area contributed by atoms with Gasteiger partial charge in [0.15, 0.2) is 0 Å². The number of nitrogens with zero attached hydrogens (tertiary/aromatic N) is 1. The fourth-order valence-electron chi connectivity index (χ4n) is 2.66. The summed E-state index contributed by atoms with van der Waals surface area (Å²) in [5, 5.41) is 11.1. The Balaban J connectivity index is 2.10. The second kappa shape index (κ2) is 7.40. The van der Waals surface area contributed by atoms with Crippen LogP contribution in [0.25, 0.3) is 0 Å². The zero-order valence-corrected chi connectivity index (χ0v) is 13.6. The number of ether oxygens (including phenoxy) is 1. The van der Waals surface area contributed by atoms with Gasteiger partial charge in [0, 0.05) is 0 Å². The van der Waals surface area contributed by atoms with Gasteiger partial charge in [0.1, 0.15) is 5.41 Å². The van der Waals surface area contributed by atoms with Gasteiger partial charge in [-0.1, -0.05) is 32.6 Å². The molecule has 1 aliphatic rings. The van der Waals surface area contributed by atoms with Crippen molar-refractivity contribution < 1.29 is 27.8 Å². The number of carbonyl (C=O) groups excluding carboxylic acids is 1. The molecule has 7 heteroatoms. The lowest BCUT2D eigenvalue weighted by Crippen LogP contribution is -2.30. The number of halogens is 3. The van der Waals surface area contributed by atoms with E-state index in [1.54, 1.807) is 0 Å². The van der Waals surface area contributed by atoms with Gasteiger partial charge in [0.05, 0.1) is 23.8 Å². The molecule has 0 aliphatic heterocycles. The van der Waals surface area contributed by atoms with E-state index in [0.29, 0.717) is 6.42 Å². The Morgan fingerprint density at radius 1 is 1.25 bits per heavy atom. The molecule has 1 heterocycles. The SMILES string of the molecule is CCCCCCCOc1nc(C2(C(F)(F)F)CC2)ccc1C(=O)[O-]. The van der Waals surface area contributed by atoms with Crippen LogP contribution in [0.5, 0.6) is 5.88 Å². The highest BCUT2D eigenvalue weighted by Gasteiger charge is 2.65. The van der Waals surface area contributed by atoms with E-state index in [2.05, 4.69) is 11.9 Å². The molecule has 0 bridgehead atoms. The molecule has 1 aromatic rings. The summed E-state index contributed by atoms with van der Waals surface area (Å²) in [6.45, 7) is 2.31. The molecule has 1 aromatic heterocycles. The zero-order valence-electron chi connectivity index (χ0n) is 13.6. The number of hydrogen-bond donors (Lipinski definition) is 0. The van der Waals surface area contributed by atoms with Crippen LogP contribution in [-0.4, -0.2) is 23.7 Å². The highest BCUT2D eigenvalue weighted by Crippen LogP contribution is 2.58. The molecular formula is C17H21F3NO3-. The molecule has 4 nitrogen and oxygen atoms in total. The van der Waals surface area contributed by atoms with Crippen LogP contribution in [0.3, 0.4) is 0 Å². The van der Waals surface area contributed by atoms with Crippen molar-refractivity contribution in [2.75, 3.05) is 6.61 Å². The molecule has 2 rings (SSSR count). The maximum atomic E-state index is 13.2. The predicted molar refractivity (Wildman–Crippen MR) is 79.8 cm³/mol. The fraction of sp³-hybridized carbons (Fsp3) is 0.647. The van der Waals surface area contributed by atoms with Crippen LogP contribution in [-0.2, 0) is 5.41 Å². The number of alkyl halides is 3. The van der Waals surface area contributed by atoms with Gasteiger partial charge in [0.25, 0.3) is 0 Å². The van der Waals surface area contributed by atoms with Crippen LogP contribution in [0, 0.1) is 0 Å². The summed E-state index contributed by atoms with van der Waals surface area (Å²) in [4.78, 5) is 15.0. The highest BCUT2D eigenvalue weighted by molar-refractivity contribution is 5.88. The number of pyridine rings is 1. The summed E-state index contributed by atoms with van der Waals surface area (Å²) in [7, 11) is 0. The lowest BCUT2D eigenvalue weighted by atomic mass is 10.0. The largest absolute Gasteiger partial charge is 0.545 e. The van der Waals surface area contributed by atoms with Gasteiger partial charge in [-0.15, -0.1) is 0 Å². The first-order valence-electron chi connectivity index (χ1n) is 8.24. The van der Waals surface area contributed by atoms with Gasteiger partial charge in [-0.25, -0.2) is 4.98 Å². The van der Waals surface area contributed by atoms with Crippen molar-refractivity contribution in [2.45, 2.75) is 63.5 Å². The van der Waals surface area contributed by atoms with Crippen molar-refractivity contribution in [1.29, 1.82) is 0 Å². The van der Waals surface area contributed by atoms with Crippen molar-refractivity contribution in [3.63, 3.8) is 0 Å². The van der Waals surface area contributed by atoms with Crippen LogP contribution < -0.4 is 9.84 Å². The summed E-state index contributed by atoms with van der Waals surface area (Å²) < 4.78 is 44.9. The summed E-state index contributed by atoms with van der Waals surface area (Å²) in [5.74, 6) is -1.79. The normalized spacial score (nSPS) is 16.0. The van der Waals surface area contributed by atoms with E-state index < -0.39 is 17.6 Å². The number of hydrogen-bond acceptors (Lipinski definition) is 4. The number of unbranched alkanes of at least 4 members (excludes halogenated alkanes) is 4. The molecule has 0 spiro atoms. The Morgan fingerprint density at radius 3 is 2.46 bits per heavy atom. The Labute approximate surface area is 139 Å². The first-order chi connectivity index (χ1) is 11.3. The van der Waals surface area contributed by atoms with Crippen LogP contribution in [0.15, 0.2) is 12.1 Å². The second-order valence-electron chi connectivity index (χ2n) is 6.18. The minimum atomic E-state index is -4.40. The zero-order chi connectivity index (χ0) is 17.8. The second-order valence-corrected chi connectivity index (χ2v) is 6.18. The predicted octanol–water partition coefficient (Wildman–Crippen LogP) is 3.39. The van der Waals surface area contributed by atoms with E-state index in [-0.39, 0.29) is 36.6 Å². The summed E-state index contributed by atoms with van der Waals surface area (Å²) in [5.41, 5.74) is -2.46. The topological polar surface area (TPSA) is 62.2 Å². The van der Waals surface area contributed by atoms with Gasteiger partial charge in [-0.2, -0.15) is 13.2 Å². The van der Waals surface area contributed by atoms with Crippen LogP contribution in [0.1, 0.15) is 67.9 Å². The Hall–Kier alpha value is -1.79. The molecule has 0 aromatic carbocycles. The van der Waals surface area contributed by atoms with Crippen molar-refractivity contribution in [3.8, 4) is 5.88 Å². The van der Waals surface area contributed by atoms with Gasteiger partial charge in [-0.3, -0.25) is 0 Å². The fourth-order valence-corrected chi connectivity index (χ4v) is 2.66. The molecule has 0 N–H and O–H groups in total. The standard InChI is InChI=1S/C17H22F3NO3/c1-2-3-4-5-6-11-24-14-12(15(22)23)7-8-13(21-14)16(9-10-16)17(18,19)20/h7-8H,2-6,9-11H2,1H3,(H,22,23)/p-1. The number of aromatic carboxylic acids is 1. The Morgan fingerprint density at radius 2 is 1.92 bits per heavy atom. The van der Waals surface area contributed by atoms with Crippen LogP contribution in [0.2, 0.25) is 0 Å². The van der Waals surface area contributed by atoms with Gasteiger partial charge >= 0.3 is 6.18 Å². The molecule has 0 unspecified atom stereocenters. The molecule has 0 atom stereocenters. The lowest BCUT2D eigenvalue weighted by Gasteiger charge is -2.20. The lowest BCUT2D eigenvalue weighted by molar-refractivity contribution is -0.255.